The third kappa shape index (κ3) is 3.47. The molecule has 1 aromatic carbocycles. The fraction of sp³-hybridized carbons (Fsp3) is 0.562. The summed E-state index contributed by atoms with van der Waals surface area (Å²) in [6.45, 7) is 3.25. The zero-order chi connectivity index (χ0) is 14.4. The number of nitrogens with zero attached hydrogens (tertiary/aromatic N) is 2. The SMILES string of the molecule is CNCCC1CCN(c2cccc(SC)c2C#N)CC1. The first-order chi connectivity index (χ1) is 9.80. The molecule has 0 saturated carbocycles. The molecule has 2 rings (SSSR count). The van der Waals surface area contributed by atoms with Gasteiger partial charge < -0.3 is 10.2 Å². The summed E-state index contributed by atoms with van der Waals surface area (Å²) >= 11 is 1.65. The molecule has 20 heavy (non-hydrogen) atoms. The Kier molecular flexibility index (Phi) is 5.75. The van der Waals surface area contributed by atoms with E-state index in [1.165, 1.54) is 19.3 Å². The maximum Gasteiger partial charge on any atom is 0.103 e. The van der Waals surface area contributed by atoms with Crippen molar-refractivity contribution in [3.8, 4) is 6.07 Å². The minimum absolute atomic E-state index is 0.827. The number of thioether (sulfide) groups is 1. The standard InChI is InChI=1S/C16H23N3S/c1-18-9-6-13-7-10-19(11-8-13)15-4-3-5-16(20-2)14(15)12-17/h3-5,13,18H,6-11H2,1-2H3. The summed E-state index contributed by atoms with van der Waals surface area (Å²) in [5.74, 6) is 0.827. The molecule has 108 valence electrons. The molecule has 0 amide bonds. The van der Waals surface area contributed by atoms with E-state index in [4.69, 9.17) is 0 Å². The van der Waals surface area contributed by atoms with E-state index in [9.17, 15) is 5.26 Å². The van der Waals surface area contributed by atoms with E-state index < -0.39 is 0 Å². The highest BCUT2D eigenvalue weighted by Crippen LogP contribution is 2.32. The number of nitriles is 1. The van der Waals surface area contributed by atoms with Crippen LogP contribution in [0, 0.1) is 17.2 Å². The summed E-state index contributed by atoms with van der Waals surface area (Å²) in [4.78, 5) is 3.47. The van der Waals surface area contributed by atoms with Crippen LogP contribution in [0.15, 0.2) is 23.1 Å². The minimum atomic E-state index is 0.827. The van der Waals surface area contributed by atoms with Gasteiger partial charge in [0.05, 0.1) is 11.3 Å². The zero-order valence-corrected chi connectivity index (χ0v) is 13.2. The average Bonchev–Trinajstić information content (AvgIpc) is 2.52. The molecule has 0 bridgehead atoms. The van der Waals surface area contributed by atoms with E-state index in [1.54, 1.807) is 11.8 Å². The van der Waals surface area contributed by atoms with Gasteiger partial charge in [-0.3, -0.25) is 0 Å². The first kappa shape index (κ1) is 15.2. The van der Waals surface area contributed by atoms with Gasteiger partial charge in [-0.2, -0.15) is 5.26 Å². The molecule has 1 aliphatic rings. The molecule has 4 heteroatoms. The smallest absolute Gasteiger partial charge is 0.103 e. The fourth-order valence-electron chi connectivity index (χ4n) is 2.88. The van der Waals surface area contributed by atoms with Crippen LogP contribution in [0.2, 0.25) is 0 Å². The molecule has 0 unspecified atom stereocenters. The Morgan fingerprint density at radius 1 is 1.40 bits per heavy atom. The van der Waals surface area contributed by atoms with Gasteiger partial charge in [0.2, 0.25) is 0 Å². The van der Waals surface area contributed by atoms with Crippen molar-refractivity contribution in [1.82, 2.24) is 5.32 Å². The molecule has 1 heterocycles. The van der Waals surface area contributed by atoms with Crippen molar-refractivity contribution in [3.05, 3.63) is 23.8 Å². The van der Waals surface area contributed by atoms with Crippen molar-refractivity contribution < 1.29 is 0 Å². The van der Waals surface area contributed by atoms with E-state index >= 15 is 0 Å². The summed E-state index contributed by atoms with van der Waals surface area (Å²) in [6.07, 6.45) is 5.76. The highest BCUT2D eigenvalue weighted by molar-refractivity contribution is 7.98. The molecule has 0 spiro atoms. The van der Waals surface area contributed by atoms with E-state index in [0.717, 1.165) is 41.7 Å². The van der Waals surface area contributed by atoms with Crippen LogP contribution in [0.4, 0.5) is 5.69 Å². The van der Waals surface area contributed by atoms with E-state index in [1.807, 2.05) is 19.4 Å². The highest BCUT2D eigenvalue weighted by atomic mass is 32.2. The van der Waals surface area contributed by atoms with Crippen molar-refractivity contribution in [3.63, 3.8) is 0 Å². The monoisotopic (exact) mass is 289 g/mol. The van der Waals surface area contributed by atoms with Crippen molar-refractivity contribution in [2.45, 2.75) is 24.2 Å². The summed E-state index contributed by atoms with van der Waals surface area (Å²) in [6, 6.07) is 8.57. The fourth-order valence-corrected chi connectivity index (χ4v) is 3.45. The van der Waals surface area contributed by atoms with Gasteiger partial charge in [-0.25, -0.2) is 0 Å². The molecule has 0 radical (unpaired) electrons. The second-order valence-corrected chi connectivity index (χ2v) is 6.14. The molecular formula is C16H23N3S. The largest absolute Gasteiger partial charge is 0.370 e. The molecule has 0 atom stereocenters. The lowest BCUT2D eigenvalue weighted by Crippen LogP contribution is -2.35. The zero-order valence-electron chi connectivity index (χ0n) is 12.4. The van der Waals surface area contributed by atoms with Crippen LogP contribution >= 0.6 is 11.8 Å². The van der Waals surface area contributed by atoms with Crippen LogP contribution in [-0.4, -0.2) is 32.9 Å². The number of rotatable bonds is 5. The number of anilines is 1. The van der Waals surface area contributed by atoms with E-state index in [0.29, 0.717) is 0 Å². The first-order valence-electron chi connectivity index (χ1n) is 7.26. The number of piperidine rings is 1. The molecule has 1 fully saturated rings. The van der Waals surface area contributed by atoms with Crippen LogP contribution in [0.1, 0.15) is 24.8 Å². The molecule has 1 aliphatic heterocycles. The van der Waals surface area contributed by atoms with Crippen LogP contribution in [0.25, 0.3) is 0 Å². The third-order valence-corrected chi connectivity index (χ3v) is 4.87. The Morgan fingerprint density at radius 3 is 2.75 bits per heavy atom. The summed E-state index contributed by atoms with van der Waals surface area (Å²) in [5, 5.41) is 12.7. The number of hydrogen-bond acceptors (Lipinski definition) is 4. The Labute approximate surface area is 126 Å². The summed E-state index contributed by atoms with van der Waals surface area (Å²) < 4.78 is 0. The normalized spacial score (nSPS) is 16.1. The Balaban J connectivity index is 2.06. The Bertz CT molecular complexity index is 473. The van der Waals surface area contributed by atoms with Gasteiger partial charge in [0, 0.05) is 18.0 Å². The Hall–Kier alpha value is -1.18. The minimum Gasteiger partial charge on any atom is -0.370 e. The van der Waals surface area contributed by atoms with Gasteiger partial charge in [0.15, 0.2) is 0 Å². The van der Waals surface area contributed by atoms with Crippen LogP contribution in [0.3, 0.4) is 0 Å². The lowest BCUT2D eigenvalue weighted by Gasteiger charge is -2.34. The van der Waals surface area contributed by atoms with Crippen LogP contribution < -0.4 is 10.2 Å². The second kappa shape index (κ2) is 7.56. The number of hydrogen-bond donors (Lipinski definition) is 1. The molecule has 1 aromatic rings. The Morgan fingerprint density at radius 2 is 2.15 bits per heavy atom. The van der Waals surface area contributed by atoms with Crippen molar-refractivity contribution in [1.29, 1.82) is 5.26 Å². The van der Waals surface area contributed by atoms with Crippen molar-refractivity contribution in [2.24, 2.45) is 5.92 Å². The quantitative estimate of drug-likeness (QED) is 0.845. The van der Waals surface area contributed by atoms with Gasteiger partial charge in [0.1, 0.15) is 6.07 Å². The second-order valence-electron chi connectivity index (χ2n) is 5.29. The van der Waals surface area contributed by atoms with Gasteiger partial charge in [-0.1, -0.05) is 6.07 Å². The van der Waals surface area contributed by atoms with Crippen molar-refractivity contribution >= 4 is 17.4 Å². The topological polar surface area (TPSA) is 39.1 Å². The van der Waals surface area contributed by atoms with Crippen LogP contribution in [-0.2, 0) is 0 Å². The van der Waals surface area contributed by atoms with Gasteiger partial charge in [-0.15, -0.1) is 11.8 Å². The maximum atomic E-state index is 9.43. The third-order valence-electron chi connectivity index (χ3n) is 4.09. The number of nitrogens with one attached hydrogen (secondary N) is 1. The first-order valence-corrected chi connectivity index (χ1v) is 8.49. The lowest BCUT2D eigenvalue weighted by atomic mass is 9.93. The summed E-state index contributed by atoms with van der Waals surface area (Å²) in [7, 11) is 2.02. The number of benzene rings is 1. The highest BCUT2D eigenvalue weighted by Gasteiger charge is 2.21. The molecule has 0 aliphatic carbocycles. The summed E-state index contributed by atoms with van der Waals surface area (Å²) in [5.41, 5.74) is 1.96. The van der Waals surface area contributed by atoms with Gasteiger partial charge >= 0.3 is 0 Å². The maximum absolute atomic E-state index is 9.43. The van der Waals surface area contributed by atoms with Crippen LogP contribution in [0.5, 0.6) is 0 Å². The molecule has 1 N–H and O–H groups in total. The molecule has 1 saturated heterocycles. The molecular weight excluding hydrogens is 266 g/mol. The van der Waals surface area contributed by atoms with E-state index in [2.05, 4.69) is 28.4 Å². The van der Waals surface area contributed by atoms with Gasteiger partial charge in [0.25, 0.3) is 0 Å². The van der Waals surface area contributed by atoms with Crippen molar-refractivity contribution in [2.75, 3.05) is 37.8 Å². The lowest BCUT2D eigenvalue weighted by molar-refractivity contribution is 0.378. The van der Waals surface area contributed by atoms with E-state index in [-0.39, 0.29) is 0 Å². The predicted octanol–water partition coefficient (Wildman–Crippen LogP) is 3.11. The average molecular weight is 289 g/mol. The predicted molar refractivity (Wildman–Crippen MR) is 86.4 cm³/mol. The molecule has 0 aromatic heterocycles. The molecule has 3 nitrogen and oxygen atoms in total. The van der Waals surface area contributed by atoms with Gasteiger partial charge in [-0.05, 0) is 57.2 Å².